The lowest BCUT2D eigenvalue weighted by atomic mass is 9.99. The van der Waals surface area contributed by atoms with Crippen LogP contribution in [0.5, 0.6) is 5.75 Å². The molecule has 1 aliphatic carbocycles. The number of nitrogens with zero attached hydrogens (tertiary/aromatic N) is 3. The highest BCUT2D eigenvalue weighted by Crippen LogP contribution is 2.43. The molecule has 3 aromatic heterocycles. The van der Waals surface area contributed by atoms with E-state index in [1.54, 1.807) is 6.20 Å². The van der Waals surface area contributed by atoms with Crippen LogP contribution < -0.4 is 4.74 Å². The maximum Gasteiger partial charge on any atom is 0.335 e. The molecule has 2 aliphatic rings. The minimum Gasteiger partial charge on any atom is -0.490 e. The third kappa shape index (κ3) is 3.93. The number of halogens is 1. The lowest BCUT2D eigenvalue weighted by Gasteiger charge is -2.24. The maximum absolute atomic E-state index is 15.7. The summed E-state index contributed by atoms with van der Waals surface area (Å²) in [6.45, 7) is 5.01. The molecule has 1 N–H and O–H groups in total. The molecule has 36 heavy (non-hydrogen) atoms. The van der Waals surface area contributed by atoms with Gasteiger partial charge in [0.05, 0.1) is 22.9 Å². The molecule has 4 heterocycles. The Morgan fingerprint density at radius 3 is 2.58 bits per heavy atom. The number of fused-ring (bicyclic) bond motifs is 1. The summed E-state index contributed by atoms with van der Waals surface area (Å²) in [7, 11) is 0. The zero-order valence-corrected chi connectivity index (χ0v) is 20.1. The van der Waals surface area contributed by atoms with Crippen LogP contribution in [-0.4, -0.2) is 45.1 Å². The summed E-state index contributed by atoms with van der Waals surface area (Å²) in [6, 6.07) is 4.61. The number of hydrogen-bond donors (Lipinski definition) is 1. The Bertz CT molecular complexity index is 1460. The molecule has 0 radical (unpaired) electrons. The number of aromatic carboxylic acids is 1. The quantitative estimate of drug-likeness (QED) is 0.369. The van der Waals surface area contributed by atoms with Crippen LogP contribution in [0.1, 0.15) is 53.5 Å². The number of aromatic nitrogens is 3. The normalized spacial score (nSPS) is 16.5. The zero-order chi connectivity index (χ0) is 25.0. The average Bonchev–Trinajstić information content (AvgIpc) is 3.52. The number of ether oxygens (including phenoxy) is 2. The van der Waals surface area contributed by atoms with E-state index < -0.39 is 11.8 Å². The number of rotatable bonds is 6. The van der Waals surface area contributed by atoms with E-state index in [2.05, 4.69) is 9.72 Å². The van der Waals surface area contributed by atoms with Crippen LogP contribution >= 0.6 is 0 Å². The van der Waals surface area contributed by atoms with Crippen molar-refractivity contribution in [3.05, 3.63) is 53.4 Å². The summed E-state index contributed by atoms with van der Waals surface area (Å²) in [6.07, 6.45) is 7.04. The second kappa shape index (κ2) is 8.74. The van der Waals surface area contributed by atoms with Crippen molar-refractivity contribution in [3.63, 3.8) is 0 Å². The molecular formula is C27H26FN3O5. The second-order valence-electron chi connectivity index (χ2n) is 9.54. The summed E-state index contributed by atoms with van der Waals surface area (Å²) in [4.78, 5) is 16.5. The van der Waals surface area contributed by atoms with E-state index in [0.717, 1.165) is 59.6 Å². The average molecular weight is 492 g/mol. The van der Waals surface area contributed by atoms with Gasteiger partial charge >= 0.3 is 5.97 Å². The van der Waals surface area contributed by atoms with Crippen molar-refractivity contribution in [1.82, 2.24) is 14.7 Å². The molecule has 0 spiro atoms. The number of hydrogen-bond acceptors (Lipinski definition) is 6. The van der Waals surface area contributed by atoms with Crippen LogP contribution in [-0.2, 0) is 4.74 Å². The van der Waals surface area contributed by atoms with Crippen LogP contribution in [0, 0.1) is 19.7 Å². The number of carbonyl (C=O) groups is 1. The lowest BCUT2D eigenvalue weighted by Crippen LogP contribution is -2.19. The van der Waals surface area contributed by atoms with Gasteiger partial charge in [0.25, 0.3) is 0 Å². The molecule has 1 aromatic carbocycles. The van der Waals surface area contributed by atoms with Crippen molar-refractivity contribution in [3.8, 4) is 28.0 Å². The molecule has 0 unspecified atom stereocenters. The van der Waals surface area contributed by atoms with Gasteiger partial charge in [0.2, 0.25) is 0 Å². The molecule has 6 rings (SSSR count). The molecule has 1 saturated heterocycles. The minimum absolute atomic E-state index is 0.0352. The third-order valence-electron chi connectivity index (χ3n) is 6.96. The smallest absolute Gasteiger partial charge is 0.335 e. The van der Waals surface area contributed by atoms with E-state index in [-0.39, 0.29) is 29.0 Å². The molecule has 8 nitrogen and oxygen atoms in total. The SMILES string of the molecule is Cc1noc(C)c1-c1cnc2c(c1)c(-c1c(F)cc(C(=O)O)cc1OC1CC1)cn2C1CCOCC1. The summed E-state index contributed by atoms with van der Waals surface area (Å²) in [5.74, 6) is -0.926. The Balaban J connectivity index is 1.60. The van der Waals surface area contributed by atoms with E-state index in [4.69, 9.17) is 19.0 Å². The molecule has 0 atom stereocenters. The van der Waals surface area contributed by atoms with Crippen molar-refractivity contribution in [2.75, 3.05) is 13.2 Å². The summed E-state index contributed by atoms with van der Waals surface area (Å²) >= 11 is 0. The van der Waals surface area contributed by atoms with Crippen molar-refractivity contribution in [2.24, 2.45) is 0 Å². The van der Waals surface area contributed by atoms with E-state index in [1.165, 1.54) is 6.07 Å². The fourth-order valence-electron chi connectivity index (χ4n) is 5.03. The molecule has 186 valence electrons. The molecule has 0 bridgehead atoms. The highest BCUT2D eigenvalue weighted by molar-refractivity contribution is 5.99. The highest BCUT2D eigenvalue weighted by atomic mass is 19.1. The first-order valence-corrected chi connectivity index (χ1v) is 12.2. The fraction of sp³-hybridized carbons (Fsp3) is 0.370. The molecule has 1 saturated carbocycles. The number of carboxylic acids is 1. The van der Waals surface area contributed by atoms with Crippen LogP contribution in [0.15, 0.2) is 35.1 Å². The van der Waals surface area contributed by atoms with Crippen molar-refractivity contribution in [2.45, 2.75) is 51.7 Å². The van der Waals surface area contributed by atoms with E-state index >= 15 is 4.39 Å². The summed E-state index contributed by atoms with van der Waals surface area (Å²) in [5.41, 5.74) is 3.86. The Morgan fingerprint density at radius 1 is 1.14 bits per heavy atom. The molecule has 1 aliphatic heterocycles. The fourth-order valence-corrected chi connectivity index (χ4v) is 5.03. The standard InChI is InChI=1S/C27H26FN3O5/c1-14-24(15(2)36-30-14)17-9-20-21(13-31(26(20)29-12-17)18-5-7-34-8-6-18)25-22(28)10-16(27(32)33)11-23(25)35-19-3-4-19/h9-13,18-19H,3-8H2,1-2H3,(H,32,33). The van der Waals surface area contributed by atoms with Gasteiger partial charge < -0.3 is 23.7 Å². The van der Waals surface area contributed by atoms with Gasteiger partial charge in [0.15, 0.2) is 0 Å². The van der Waals surface area contributed by atoms with Gasteiger partial charge in [0.1, 0.15) is 23.0 Å². The van der Waals surface area contributed by atoms with Crippen LogP contribution in [0.2, 0.25) is 0 Å². The molecular weight excluding hydrogens is 465 g/mol. The van der Waals surface area contributed by atoms with Crippen molar-refractivity contribution >= 4 is 17.0 Å². The van der Waals surface area contributed by atoms with E-state index in [0.29, 0.717) is 24.5 Å². The lowest BCUT2D eigenvalue weighted by molar-refractivity contribution is 0.0695. The third-order valence-corrected chi connectivity index (χ3v) is 6.96. The van der Waals surface area contributed by atoms with Gasteiger partial charge in [-0.3, -0.25) is 0 Å². The van der Waals surface area contributed by atoms with Crippen LogP contribution in [0.4, 0.5) is 4.39 Å². The topological polar surface area (TPSA) is 99.6 Å². The van der Waals surface area contributed by atoms with Gasteiger partial charge in [-0.2, -0.15) is 0 Å². The first-order valence-electron chi connectivity index (χ1n) is 12.2. The minimum atomic E-state index is -1.20. The predicted molar refractivity (Wildman–Crippen MR) is 130 cm³/mol. The summed E-state index contributed by atoms with van der Waals surface area (Å²) < 4.78 is 34.8. The first-order chi connectivity index (χ1) is 17.4. The van der Waals surface area contributed by atoms with Crippen LogP contribution in [0.3, 0.4) is 0 Å². The van der Waals surface area contributed by atoms with Crippen molar-refractivity contribution in [1.29, 1.82) is 0 Å². The number of carboxylic acid groups (broad SMARTS) is 1. The Kier molecular flexibility index (Phi) is 5.52. The molecule has 0 amide bonds. The van der Waals surface area contributed by atoms with E-state index in [9.17, 15) is 9.90 Å². The Labute approximate surface area is 206 Å². The Hall–Kier alpha value is -3.72. The van der Waals surface area contributed by atoms with Crippen molar-refractivity contribution < 1.29 is 28.3 Å². The number of benzene rings is 1. The van der Waals surface area contributed by atoms with Gasteiger partial charge in [-0.15, -0.1) is 0 Å². The van der Waals surface area contributed by atoms with Crippen LogP contribution in [0.25, 0.3) is 33.3 Å². The molecule has 4 aromatic rings. The van der Waals surface area contributed by atoms with E-state index in [1.807, 2.05) is 26.1 Å². The predicted octanol–water partition coefficient (Wildman–Crippen LogP) is 5.71. The monoisotopic (exact) mass is 491 g/mol. The zero-order valence-electron chi connectivity index (χ0n) is 20.1. The van der Waals surface area contributed by atoms with Gasteiger partial charge in [-0.05, 0) is 57.7 Å². The maximum atomic E-state index is 15.7. The molecule has 9 heteroatoms. The van der Waals surface area contributed by atoms with Gasteiger partial charge in [0, 0.05) is 53.7 Å². The first kappa shape index (κ1) is 22.7. The molecule has 2 fully saturated rings. The van der Waals surface area contributed by atoms with Gasteiger partial charge in [-0.1, -0.05) is 5.16 Å². The number of aryl methyl sites for hydroxylation is 2. The number of pyridine rings is 1. The Morgan fingerprint density at radius 2 is 1.92 bits per heavy atom. The summed E-state index contributed by atoms with van der Waals surface area (Å²) in [5, 5.41) is 14.3. The largest absolute Gasteiger partial charge is 0.490 e. The second-order valence-corrected chi connectivity index (χ2v) is 9.54. The van der Waals surface area contributed by atoms with Gasteiger partial charge in [-0.25, -0.2) is 14.2 Å². The highest BCUT2D eigenvalue weighted by Gasteiger charge is 2.29.